The van der Waals surface area contributed by atoms with Gasteiger partial charge in [-0.25, -0.2) is 19.2 Å². The highest BCUT2D eigenvalue weighted by molar-refractivity contribution is 5.94. The van der Waals surface area contributed by atoms with E-state index in [-0.39, 0.29) is 6.61 Å². The molecular formula is C25H38N2O9. The van der Waals surface area contributed by atoms with Gasteiger partial charge in [-0.05, 0) is 54.0 Å². The molecular weight excluding hydrogens is 472 g/mol. The molecule has 0 aliphatic heterocycles. The smallest absolute Gasteiger partial charge is 0.420 e. The highest BCUT2D eigenvalue weighted by atomic mass is 16.6. The van der Waals surface area contributed by atoms with E-state index in [0.717, 1.165) is 7.11 Å². The van der Waals surface area contributed by atoms with Crippen LogP contribution in [0.2, 0.25) is 0 Å². The summed E-state index contributed by atoms with van der Waals surface area (Å²) in [6.07, 6.45) is -3.61. The normalized spacial score (nSPS) is 14.0. The summed E-state index contributed by atoms with van der Waals surface area (Å²) < 4.78 is 20.7. The zero-order chi connectivity index (χ0) is 27.7. The number of ether oxygens (including phenoxy) is 4. The molecule has 0 heterocycles. The number of imide groups is 1. The number of nitrogens with one attached hydrogen (secondary N) is 1. The minimum atomic E-state index is -1.61. The van der Waals surface area contributed by atoms with Crippen LogP contribution >= 0.6 is 0 Å². The van der Waals surface area contributed by atoms with Crippen molar-refractivity contribution in [2.75, 3.05) is 13.7 Å². The van der Waals surface area contributed by atoms with E-state index >= 15 is 0 Å². The van der Waals surface area contributed by atoms with Crippen LogP contribution in [0.1, 0.15) is 60.5 Å². The molecule has 3 amide bonds. The van der Waals surface area contributed by atoms with E-state index in [0.29, 0.717) is 10.5 Å². The lowest BCUT2D eigenvalue weighted by Gasteiger charge is -2.36. The van der Waals surface area contributed by atoms with Crippen LogP contribution < -0.4 is 5.32 Å². The van der Waals surface area contributed by atoms with E-state index in [1.54, 1.807) is 71.9 Å². The molecule has 11 heteroatoms. The molecule has 0 radical (unpaired) electrons. The van der Waals surface area contributed by atoms with Gasteiger partial charge in [-0.3, -0.25) is 0 Å². The van der Waals surface area contributed by atoms with Crippen LogP contribution in [0.15, 0.2) is 30.3 Å². The van der Waals surface area contributed by atoms with Gasteiger partial charge in [0.2, 0.25) is 0 Å². The predicted octanol–water partition coefficient (Wildman–Crippen LogP) is 3.77. The van der Waals surface area contributed by atoms with Gasteiger partial charge in [-0.2, -0.15) is 4.90 Å². The van der Waals surface area contributed by atoms with Gasteiger partial charge in [0.05, 0.1) is 19.3 Å². The van der Waals surface area contributed by atoms with Crippen molar-refractivity contribution >= 4 is 24.2 Å². The Morgan fingerprint density at radius 2 is 1.47 bits per heavy atom. The summed E-state index contributed by atoms with van der Waals surface area (Å²) in [7, 11) is 1.08. The highest BCUT2D eigenvalue weighted by Crippen LogP contribution is 2.23. The maximum Gasteiger partial charge on any atom is 0.420 e. The van der Waals surface area contributed by atoms with Crippen LogP contribution in [0.5, 0.6) is 0 Å². The Labute approximate surface area is 212 Å². The van der Waals surface area contributed by atoms with Crippen molar-refractivity contribution in [3.63, 3.8) is 0 Å². The lowest BCUT2D eigenvalue weighted by molar-refractivity contribution is -0.147. The SMILES string of the molecule is COC(=O)[C@H](C[C@](C)(CO)NC(=O)OC(C)(C)C)N(C(=O)OCc1ccccc1)C(=O)OC(C)(C)C. The third kappa shape index (κ3) is 10.5. The van der Waals surface area contributed by atoms with Gasteiger partial charge in [0.1, 0.15) is 23.9 Å². The van der Waals surface area contributed by atoms with Gasteiger partial charge >= 0.3 is 24.2 Å². The fourth-order valence-corrected chi connectivity index (χ4v) is 2.98. The van der Waals surface area contributed by atoms with Gasteiger partial charge in [-0.15, -0.1) is 0 Å². The van der Waals surface area contributed by atoms with Gasteiger partial charge < -0.3 is 29.4 Å². The molecule has 1 aromatic rings. The van der Waals surface area contributed by atoms with Crippen LogP contribution in [0.25, 0.3) is 0 Å². The fourth-order valence-electron chi connectivity index (χ4n) is 2.98. The Morgan fingerprint density at radius 3 is 1.94 bits per heavy atom. The number of carbonyl (C=O) groups is 4. The van der Waals surface area contributed by atoms with E-state index in [4.69, 9.17) is 18.9 Å². The fraction of sp³-hybridized carbons (Fsp3) is 0.600. The summed E-state index contributed by atoms with van der Waals surface area (Å²) in [5.74, 6) is -0.983. The maximum absolute atomic E-state index is 13.1. The first kappa shape index (κ1) is 30.7. The molecule has 1 rings (SSSR count). The van der Waals surface area contributed by atoms with Crippen molar-refractivity contribution in [2.24, 2.45) is 0 Å². The number of aliphatic hydroxyl groups excluding tert-OH is 1. The Bertz CT molecular complexity index is 906. The van der Waals surface area contributed by atoms with Crippen LogP contribution in [0.4, 0.5) is 14.4 Å². The molecule has 0 saturated heterocycles. The van der Waals surface area contributed by atoms with Crippen LogP contribution in [-0.2, 0) is 30.3 Å². The minimum Gasteiger partial charge on any atom is -0.467 e. The number of amides is 3. The van der Waals surface area contributed by atoms with Crippen molar-refractivity contribution < 1.29 is 43.2 Å². The zero-order valence-electron chi connectivity index (χ0n) is 22.2. The van der Waals surface area contributed by atoms with E-state index in [9.17, 15) is 24.3 Å². The third-order valence-corrected chi connectivity index (χ3v) is 4.57. The molecule has 0 aliphatic rings. The summed E-state index contributed by atoms with van der Waals surface area (Å²) in [5.41, 5.74) is -2.69. The Kier molecular flexibility index (Phi) is 10.7. The molecule has 0 aromatic heterocycles. The third-order valence-electron chi connectivity index (χ3n) is 4.57. The molecule has 0 aliphatic carbocycles. The quantitative estimate of drug-likeness (QED) is 0.395. The van der Waals surface area contributed by atoms with Crippen molar-refractivity contribution in [3.8, 4) is 0 Å². The topological polar surface area (TPSA) is 141 Å². The van der Waals surface area contributed by atoms with Crippen molar-refractivity contribution in [1.29, 1.82) is 0 Å². The molecule has 0 fully saturated rings. The number of hydrogen-bond acceptors (Lipinski definition) is 9. The van der Waals surface area contributed by atoms with E-state index < -0.39 is 60.1 Å². The molecule has 11 nitrogen and oxygen atoms in total. The zero-order valence-corrected chi connectivity index (χ0v) is 22.2. The average molecular weight is 511 g/mol. The second-order valence-electron chi connectivity index (χ2n) is 10.5. The van der Waals surface area contributed by atoms with E-state index in [1.165, 1.54) is 6.92 Å². The minimum absolute atomic E-state index is 0.180. The lowest BCUT2D eigenvalue weighted by Crippen LogP contribution is -2.58. The van der Waals surface area contributed by atoms with Crippen molar-refractivity contribution in [3.05, 3.63) is 35.9 Å². The number of carbonyl (C=O) groups excluding carboxylic acids is 4. The number of benzene rings is 1. The van der Waals surface area contributed by atoms with E-state index in [2.05, 4.69) is 5.32 Å². The second kappa shape index (κ2) is 12.6. The summed E-state index contributed by atoms with van der Waals surface area (Å²) in [6, 6.07) is 7.12. The van der Waals surface area contributed by atoms with Crippen LogP contribution in [0.3, 0.4) is 0 Å². The monoisotopic (exact) mass is 510 g/mol. The number of hydrogen-bond donors (Lipinski definition) is 2. The number of rotatable bonds is 8. The lowest BCUT2D eigenvalue weighted by atomic mass is 9.93. The summed E-state index contributed by atoms with van der Waals surface area (Å²) in [5, 5.41) is 12.6. The molecule has 0 unspecified atom stereocenters. The molecule has 202 valence electrons. The highest BCUT2D eigenvalue weighted by Gasteiger charge is 2.44. The van der Waals surface area contributed by atoms with Crippen LogP contribution in [0, 0.1) is 0 Å². The number of nitrogens with zero attached hydrogens (tertiary/aromatic N) is 1. The molecule has 1 aromatic carbocycles. The van der Waals surface area contributed by atoms with Gasteiger partial charge in [0, 0.05) is 6.42 Å². The van der Waals surface area contributed by atoms with E-state index in [1.807, 2.05) is 0 Å². The molecule has 0 spiro atoms. The predicted molar refractivity (Wildman–Crippen MR) is 130 cm³/mol. The molecule has 2 atom stereocenters. The number of aliphatic hydroxyl groups is 1. The standard InChI is InChI=1S/C25H38N2O9/c1-23(2,3)35-20(30)26-25(7,16-28)14-18(19(29)33-8)27(22(32)36-24(4,5)6)21(31)34-15-17-12-10-9-11-13-17/h9-13,18,28H,14-16H2,1-8H3,(H,26,30)/t18-,25+/m0/s1. The largest absolute Gasteiger partial charge is 0.467 e. The van der Waals surface area contributed by atoms with Gasteiger partial charge in [0.25, 0.3) is 0 Å². The van der Waals surface area contributed by atoms with Crippen molar-refractivity contribution in [2.45, 2.75) is 84.3 Å². The molecule has 0 bridgehead atoms. The number of esters is 1. The van der Waals surface area contributed by atoms with Gasteiger partial charge in [0.15, 0.2) is 0 Å². The molecule has 0 saturated carbocycles. The Balaban J connectivity index is 3.31. The summed E-state index contributed by atoms with van der Waals surface area (Å²) in [4.78, 5) is 51.9. The van der Waals surface area contributed by atoms with Crippen LogP contribution in [-0.4, -0.2) is 70.8 Å². The summed E-state index contributed by atoms with van der Waals surface area (Å²) in [6.45, 7) is 10.3. The molecule has 36 heavy (non-hydrogen) atoms. The van der Waals surface area contributed by atoms with Gasteiger partial charge in [-0.1, -0.05) is 30.3 Å². The summed E-state index contributed by atoms with van der Waals surface area (Å²) >= 11 is 0. The maximum atomic E-state index is 13.1. The average Bonchev–Trinajstić information content (AvgIpc) is 2.74. The first-order valence-corrected chi connectivity index (χ1v) is 11.4. The number of alkyl carbamates (subject to hydrolysis) is 1. The second-order valence-corrected chi connectivity index (χ2v) is 10.5. The van der Waals surface area contributed by atoms with Crippen molar-refractivity contribution in [1.82, 2.24) is 10.2 Å². The first-order valence-electron chi connectivity index (χ1n) is 11.4. The molecule has 2 N–H and O–H groups in total. The Morgan fingerprint density at radius 1 is 0.917 bits per heavy atom. The first-order chi connectivity index (χ1) is 16.5. The Hall–Kier alpha value is -3.34. The number of methoxy groups -OCH3 is 1.